The van der Waals surface area contributed by atoms with E-state index in [4.69, 9.17) is 21.1 Å². The zero-order chi connectivity index (χ0) is 27.6. The fraction of sp³-hybridized carbons (Fsp3) is 0.286. The van der Waals surface area contributed by atoms with E-state index in [0.717, 1.165) is 17.8 Å². The number of thiazole rings is 1. The second kappa shape index (κ2) is 11.4. The van der Waals surface area contributed by atoms with Gasteiger partial charge in [0.1, 0.15) is 16.4 Å². The summed E-state index contributed by atoms with van der Waals surface area (Å²) in [7, 11) is 1.25. The summed E-state index contributed by atoms with van der Waals surface area (Å²) < 4.78 is 10.8. The number of ketones is 1. The lowest BCUT2D eigenvalue weighted by molar-refractivity contribution is -0.132. The molecule has 1 N–H and O–H groups in total. The zero-order valence-corrected chi connectivity index (χ0v) is 22.9. The molecule has 2 aromatic carbocycles. The maximum atomic E-state index is 13.4. The van der Waals surface area contributed by atoms with Crippen LogP contribution in [0.3, 0.4) is 0 Å². The Bertz CT molecular complexity index is 1410. The molecule has 2 heterocycles. The first-order valence-corrected chi connectivity index (χ1v) is 13.2. The third-order valence-corrected chi connectivity index (χ3v) is 7.45. The van der Waals surface area contributed by atoms with Crippen LogP contribution in [0.1, 0.15) is 52.8 Å². The van der Waals surface area contributed by atoms with Crippen LogP contribution in [0.15, 0.2) is 54.1 Å². The summed E-state index contributed by atoms with van der Waals surface area (Å²) >= 11 is 6.94. The topological polar surface area (TPSA) is 106 Å². The van der Waals surface area contributed by atoms with Crippen molar-refractivity contribution >= 4 is 51.5 Å². The molecule has 1 saturated heterocycles. The maximum absolute atomic E-state index is 13.4. The van der Waals surface area contributed by atoms with Gasteiger partial charge in [0.25, 0.3) is 5.78 Å². The average molecular weight is 555 g/mol. The van der Waals surface area contributed by atoms with Crippen LogP contribution < -0.4 is 9.64 Å². The SMILES string of the molecule is COC(=O)c1sc(N2C(=O)C(=O)/C(=C(/O)c3ccc(Cl)cc3)C2c2cccc(OCCC(C)C)c2)nc1C. The van der Waals surface area contributed by atoms with E-state index in [0.29, 0.717) is 40.1 Å². The van der Waals surface area contributed by atoms with E-state index in [1.54, 1.807) is 55.5 Å². The first-order valence-electron chi connectivity index (χ1n) is 12.0. The number of hydrogen-bond acceptors (Lipinski definition) is 8. The Kier molecular flexibility index (Phi) is 8.18. The van der Waals surface area contributed by atoms with Gasteiger partial charge in [-0.3, -0.25) is 14.5 Å². The van der Waals surface area contributed by atoms with Crippen LogP contribution in [0, 0.1) is 12.8 Å². The molecule has 0 saturated carbocycles. The van der Waals surface area contributed by atoms with E-state index >= 15 is 0 Å². The number of ether oxygens (including phenoxy) is 2. The monoisotopic (exact) mass is 554 g/mol. The Morgan fingerprint density at radius 1 is 1.18 bits per heavy atom. The van der Waals surface area contributed by atoms with Gasteiger partial charge in [0.2, 0.25) is 0 Å². The van der Waals surface area contributed by atoms with Gasteiger partial charge in [-0.15, -0.1) is 0 Å². The number of aromatic nitrogens is 1. The van der Waals surface area contributed by atoms with Gasteiger partial charge in [-0.25, -0.2) is 9.78 Å². The molecule has 1 fully saturated rings. The number of halogens is 1. The predicted octanol–water partition coefficient (Wildman–Crippen LogP) is 5.94. The number of esters is 1. The quantitative estimate of drug-likeness (QED) is 0.159. The van der Waals surface area contributed by atoms with Crippen molar-refractivity contribution in [2.75, 3.05) is 18.6 Å². The Morgan fingerprint density at radius 2 is 1.89 bits per heavy atom. The standard InChI is InChI=1S/C28H27ClN2O6S/c1-15(2)12-13-37-20-7-5-6-18(14-20)22-21(23(32)17-8-10-19(29)11-9-17)24(33)26(34)31(22)28-30-16(3)25(38-28)27(35)36-4/h5-11,14-15,22,32H,12-13H2,1-4H3/b23-21+. The number of hydrogen-bond donors (Lipinski definition) is 1. The molecule has 1 aromatic heterocycles. The number of aliphatic hydroxyl groups is 1. The molecule has 0 radical (unpaired) electrons. The molecule has 198 valence electrons. The number of carbonyl (C=O) groups is 3. The minimum absolute atomic E-state index is 0.107. The van der Waals surface area contributed by atoms with Crippen molar-refractivity contribution in [2.24, 2.45) is 5.92 Å². The Labute approximate surface area is 229 Å². The van der Waals surface area contributed by atoms with Crippen LogP contribution in [-0.2, 0) is 14.3 Å². The minimum atomic E-state index is -1.02. The highest BCUT2D eigenvalue weighted by Crippen LogP contribution is 2.44. The second-order valence-electron chi connectivity index (χ2n) is 9.18. The number of rotatable bonds is 8. The van der Waals surface area contributed by atoms with Crippen molar-refractivity contribution < 1.29 is 29.0 Å². The van der Waals surface area contributed by atoms with Gasteiger partial charge in [-0.05, 0) is 61.2 Å². The average Bonchev–Trinajstić information content (AvgIpc) is 3.40. The summed E-state index contributed by atoms with van der Waals surface area (Å²) in [5.41, 5.74) is 1.12. The lowest BCUT2D eigenvalue weighted by Crippen LogP contribution is -2.29. The van der Waals surface area contributed by atoms with E-state index in [1.807, 2.05) is 0 Å². The number of nitrogens with zero attached hydrogens (tertiary/aromatic N) is 2. The van der Waals surface area contributed by atoms with Gasteiger partial charge in [0.05, 0.1) is 31.0 Å². The third-order valence-electron chi connectivity index (χ3n) is 6.06. The highest BCUT2D eigenvalue weighted by molar-refractivity contribution is 7.17. The van der Waals surface area contributed by atoms with Crippen LogP contribution in [0.5, 0.6) is 5.75 Å². The van der Waals surface area contributed by atoms with Crippen molar-refractivity contribution in [1.29, 1.82) is 0 Å². The molecule has 3 aromatic rings. The van der Waals surface area contributed by atoms with Crippen LogP contribution in [0.2, 0.25) is 5.02 Å². The highest BCUT2D eigenvalue weighted by atomic mass is 35.5. The number of benzene rings is 2. The van der Waals surface area contributed by atoms with Gasteiger partial charge >= 0.3 is 11.9 Å². The van der Waals surface area contributed by atoms with Crippen LogP contribution in [0.4, 0.5) is 5.13 Å². The molecule has 38 heavy (non-hydrogen) atoms. The van der Waals surface area contributed by atoms with Gasteiger partial charge < -0.3 is 14.6 Å². The van der Waals surface area contributed by atoms with Crippen LogP contribution >= 0.6 is 22.9 Å². The van der Waals surface area contributed by atoms with Crippen molar-refractivity contribution in [2.45, 2.75) is 33.2 Å². The molecule has 1 atom stereocenters. The fourth-order valence-corrected chi connectivity index (χ4v) is 5.20. The van der Waals surface area contributed by atoms with Gasteiger partial charge in [-0.1, -0.05) is 48.9 Å². The second-order valence-corrected chi connectivity index (χ2v) is 10.6. The summed E-state index contributed by atoms with van der Waals surface area (Å²) in [5, 5.41) is 11.9. The van der Waals surface area contributed by atoms with Crippen molar-refractivity contribution in [3.63, 3.8) is 0 Å². The third kappa shape index (κ3) is 5.44. The summed E-state index contributed by atoms with van der Waals surface area (Å²) in [6.45, 7) is 6.32. The molecular formula is C28H27ClN2O6S. The Balaban J connectivity index is 1.87. The highest BCUT2D eigenvalue weighted by Gasteiger charge is 2.48. The Hall–Kier alpha value is -3.69. The van der Waals surface area contributed by atoms with Crippen molar-refractivity contribution in [3.8, 4) is 5.75 Å². The van der Waals surface area contributed by atoms with Crippen LogP contribution in [-0.4, -0.2) is 41.5 Å². The molecule has 0 spiro atoms. The van der Waals surface area contributed by atoms with E-state index in [1.165, 1.54) is 12.0 Å². The molecular weight excluding hydrogens is 528 g/mol. The molecule has 0 bridgehead atoms. The summed E-state index contributed by atoms with van der Waals surface area (Å²) in [6, 6.07) is 12.3. The molecule has 1 aliphatic heterocycles. The predicted molar refractivity (Wildman–Crippen MR) is 146 cm³/mol. The summed E-state index contributed by atoms with van der Waals surface area (Å²) in [6.07, 6.45) is 0.855. The zero-order valence-electron chi connectivity index (χ0n) is 21.4. The number of aliphatic hydroxyl groups excluding tert-OH is 1. The van der Waals surface area contributed by atoms with E-state index in [9.17, 15) is 19.5 Å². The van der Waals surface area contributed by atoms with Gasteiger partial charge in [-0.2, -0.15) is 0 Å². The molecule has 4 rings (SSSR count). The lowest BCUT2D eigenvalue weighted by atomic mass is 9.95. The molecule has 1 amide bonds. The van der Waals surface area contributed by atoms with Crippen LogP contribution in [0.25, 0.3) is 5.76 Å². The summed E-state index contributed by atoms with van der Waals surface area (Å²) in [4.78, 5) is 44.9. The number of aryl methyl sites for hydroxylation is 1. The normalized spacial score (nSPS) is 16.8. The van der Waals surface area contributed by atoms with Gasteiger partial charge in [0.15, 0.2) is 5.13 Å². The van der Waals surface area contributed by atoms with E-state index in [2.05, 4.69) is 18.8 Å². The molecule has 1 aliphatic rings. The Morgan fingerprint density at radius 3 is 2.55 bits per heavy atom. The lowest BCUT2D eigenvalue weighted by Gasteiger charge is -2.23. The molecule has 1 unspecified atom stereocenters. The molecule has 10 heteroatoms. The number of anilines is 1. The largest absolute Gasteiger partial charge is 0.507 e. The summed E-state index contributed by atoms with van der Waals surface area (Å²) in [5.74, 6) is -1.67. The fourth-order valence-electron chi connectivity index (χ4n) is 4.06. The first kappa shape index (κ1) is 27.3. The van der Waals surface area contributed by atoms with Gasteiger partial charge in [0, 0.05) is 10.6 Å². The maximum Gasteiger partial charge on any atom is 0.350 e. The van der Waals surface area contributed by atoms with E-state index < -0.39 is 23.7 Å². The molecule has 8 nitrogen and oxygen atoms in total. The first-order chi connectivity index (χ1) is 18.1. The number of methoxy groups -OCH3 is 1. The van der Waals surface area contributed by atoms with Crippen molar-refractivity contribution in [1.82, 2.24) is 4.98 Å². The number of carbonyl (C=O) groups excluding carboxylic acids is 3. The smallest absolute Gasteiger partial charge is 0.350 e. The van der Waals surface area contributed by atoms with E-state index in [-0.39, 0.29) is 21.3 Å². The van der Waals surface area contributed by atoms with Crippen molar-refractivity contribution in [3.05, 3.63) is 80.8 Å². The minimum Gasteiger partial charge on any atom is -0.507 e. The number of amides is 1. The number of Topliss-reactive ketones (excluding diaryl/α,β-unsaturated/α-hetero) is 1. The molecule has 0 aliphatic carbocycles.